The van der Waals surface area contributed by atoms with Crippen LogP contribution in [0.5, 0.6) is 0 Å². The summed E-state index contributed by atoms with van der Waals surface area (Å²) < 4.78 is 1.90. The van der Waals surface area contributed by atoms with E-state index in [2.05, 4.69) is 28.5 Å². The monoisotopic (exact) mass is 442 g/mol. The van der Waals surface area contributed by atoms with Gasteiger partial charge in [-0.05, 0) is 35.6 Å². The number of likely N-dealkylation sites (N-methyl/N-ethyl adjacent to an activating group) is 1. The number of thiophene rings is 1. The summed E-state index contributed by atoms with van der Waals surface area (Å²) in [6.07, 6.45) is 3.08. The van der Waals surface area contributed by atoms with Crippen LogP contribution in [0.3, 0.4) is 0 Å². The Bertz CT molecular complexity index is 1200. The summed E-state index contributed by atoms with van der Waals surface area (Å²) in [5.41, 5.74) is 5.38. The van der Waals surface area contributed by atoms with E-state index < -0.39 is 0 Å². The van der Waals surface area contributed by atoms with Crippen molar-refractivity contribution in [1.29, 1.82) is 0 Å². The molecule has 2 aromatic heterocycles. The Hall–Kier alpha value is -3.22. The SMILES string of the molecule is CN(Cc1cn(-c2ccccc2)nc1-c1ccccc1)C(=O)CN1CCc2sccc2C1. The summed E-state index contributed by atoms with van der Waals surface area (Å²) in [7, 11) is 1.89. The zero-order valence-corrected chi connectivity index (χ0v) is 19.0. The van der Waals surface area contributed by atoms with E-state index in [9.17, 15) is 4.79 Å². The van der Waals surface area contributed by atoms with Crippen LogP contribution < -0.4 is 0 Å². The normalized spacial score (nSPS) is 13.7. The van der Waals surface area contributed by atoms with Gasteiger partial charge in [-0.3, -0.25) is 9.69 Å². The van der Waals surface area contributed by atoms with Gasteiger partial charge in [0.2, 0.25) is 5.91 Å². The molecule has 0 saturated heterocycles. The van der Waals surface area contributed by atoms with E-state index in [0.29, 0.717) is 13.1 Å². The van der Waals surface area contributed by atoms with Gasteiger partial charge in [-0.25, -0.2) is 4.68 Å². The highest BCUT2D eigenvalue weighted by Gasteiger charge is 2.22. The van der Waals surface area contributed by atoms with Crippen molar-refractivity contribution in [2.75, 3.05) is 20.1 Å². The van der Waals surface area contributed by atoms with Crippen molar-refractivity contribution in [1.82, 2.24) is 19.6 Å². The molecule has 0 aliphatic carbocycles. The van der Waals surface area contributed by atoms with Crippen LogP contribution >= 0.6 is 11.3 Å². The molecule has 0 unspecified atom stereocenters. The first-order chi connectivity index (χ1) is 15.7. The fraction of sp³-hybridized carbons (Fsp3) is 0.231. The van der Waals surface area contributed by atoms with Crippen LogP contribution in [0.25, 0.3) is 16.9 Å². The summed E-state index contributed by atoms with van der Waals surface area (Å²) in [6, 6.07) is 22.4. The van der Waals surface area contributed by atoms with Crippen LogP contribution in [0.4, 0.5) is 0 Å². The fourth-order valence-electron chi connectivity index (χ4n) is 4.17. The molecule has 0 radical (unpaired) electrons. The molecule has 5 nitrogen and oxygen atoms in total. The summed E-state index contributed by atoms with van der Waals surface area (Å²) in [5, 5.41) is 7.02. The van der Waals surface area contributed by atoms with Crippen LogP contribution in [0.15, 0.2) is 78.3 Å². The molecule has 1 aliphatic heterocycles. The third-order valence-electron chi connectivity index (χ3n) is 5.94. The number of hydrogen-bond acceptors (Lipinski definition) is 4. The van der Waals surface area contributed by atoms with Gasteiger partial charge in [0.15, 0.2) is 0 Å². The largest absolute Gasteiger partial charge is 0.340 e. The molecule has 2 aromatic carbocycles. The van der Waals surface area contributed by atoms with Crippen molar-refractivity contribution in [2.45, 2.75) is 19.5 Å². The fourth-order valence-corrected chi connectivity index (χ4v) is 5.06. The van der Waals surface area contributed by atoms with Gasteiger partial charge in [-0.2, -0.15) is 5.10 Å². The number of para-hydroxylation sites is 1. The number of nitrogens with zero attached hydrogens (tertiary/aromatic N) is 4. The van der Waals surface area contributed by atoms with Crippen molar-refractivity contribution in [3.8, 4) is 16.9 Å². The van der Waals surface area contributed by atoms with Gasteiger partial charge in [-0.15, -0.1) is 11.3 Å². The van der Waals surface area contributed by atoms with Crippen molar-refractivity contribution in [3.05, 3.63) is 94.3 Å². The first kappa shape index (κ1) is 20.7. The van der Waals surface area contributed by atoms with Gasteiger partial charge in [0.25, 0.3) is 0 Å². The Kier molecular flexibility index (Phi) is 5.88. The van der Waals surface area contributed by atoms with Crippen LogP contribution in [-0.2, 0) is 24.3 Å². The average molecular weight is 443 g/mol. The molecule has 4 aromatic rings. The summed E-state index contributed by atoms with van der Waals surface area (Å²) in [6.45, 7) is 2.76. The predicted octanol–water partition coefficient (Wildman–Crippen LogP) is 4.62. The van der Waals surface area contributed by atoms with Crippen LogP contribution in [0.1, 0.15) is 16.0 Å². The molecular formula is C26H26N4OS. The molecule has 0 saturated carbocycles. The predicted molar refractivity (Wildman–Crippen MR) is 129 cm³/mol. The Morgan fingerprint density at radius 3 is 2.59 bits per heavy atom. The molecule has 162 valence electrons. The highest BCUT2D eigenvalue weighted by atomic mass is 32.1. The summed E-state index contributed by atoms with van der Waals surface area (Å²) in [4.78, 5) is 18.6. The van der Waals surface area contributed by atoms with E-state index in [-0.39, 0.29) is 5.91 Å². The molecule has 6 heteroatoms. The van der Waals surface area contributed by atoms with Crippen molar-refractivity contribution in [3.63, 3.8) is 0 Å². The number of benzene rings is 2. The standard InChI is InChI=1S/C26H26N4OS/c1-28(25(31)19-29-14-12-24-21(17-29)13-15-32-24)16-22-18-30(23-10-6-3-7-11-23)27-26(22)20-8-4-2-5-9-20/h2-11,13,15,18H,12,14,16-17,19H2,1H3. The minimum absolute atomic E-state index is 0.134. The highest BCUT2D eigenvalue weighted by molar-refractivity contribution is 7.10. The second-order valence-electron chi connectivity index (χ2n) is 8.23. The number of carbonyl (C=O) groups is 1. The van der Waals surface area contributed by atoms with E-state index >= 15 is 0 Å². The maximum atomic E-state index is 13.1. The quantitative estimate of drug-likeness (QED) is 0.438. The Labute approximate surface area is 192 Å². The first-order valence-electron chi connectivity index (χ1n) is 10.9. The molecule has 1 amide bonds. The lowest BCUT2D eigenvalue weighted by atomic mass is 10.1. The Balaban J connectivity index is 1.34. The lowest BCUT2D eigenvalue weighted by Crippen LogP contribution is -2.40. The van der Waals surface area contributed by atoms with Gasteiger partial charge in [0.1, 0.15) is 0 Å². The number of aromatic nitrogens is 2. The van der Waals surface area contributed by atoms with E-state index in [1.54, 1.807) is 0 Å². The molecular weight excluding hydrogens is 416 g/mol. The molecule has 0 bridgehead atoms. The van der Waals surface area contributed by atoms with Crippen LogP contribution in [0, 0.1) is 0 Å². The van der Waals surface area contributed by atoms with E-state index in [4.69, 9.17) is 5.10 Å². The lowest BCUT2D eigenvalue weighted by molar-refractivity contribution is -0.131. The number of amides is 1. The lowest BCUT2D eigenvalue weighted by Gasteiger charge is -2.28. The van der Waals surface area contributed by atoms with Crippen LogP contribution in [0.2, 0.25) is 0 Å². The average Bonchev–Trinajstić information content (AvgIpc) is 3.47. The molecule has 32 heavy (non-hydrogen) atoms. The number of rotatable bonds is 6. The first-order valence-corrected chi connectivity index (χ1v) is 11.8. The van der Waals surface area contributed by atoms with Gasteiger partial charge in [-0.1, -0.05) is 48.5 Å². The summed E-state index contributed by atoms with van der Waals surface area (Å²) in [5.74, 6) is 0.134. The Morgan fingerprint density at radius 2 is 1.81 bits per heavy atom. The molecule has 1 aliphatic rings. The maximum absolute atomic E-state index is 13.1. The van der Waals surface area contributed by atoms with Gasteiger partial charge < -0.3 is 4.90 Å². The van der Waals surface area contributed by atoms with Gasteiger partial charge in [0, 0.05) is 48.9 Å². The number of hydrogen-bond donors (Lipinski definition) is 0. The minimum atomic E-state index is 0.134. The number of carbonyl (C=O) groups excluding carboxylic acids is 1. The topological polar surface area (TPSA) is 41.4 Å². The third-order valence-corrected chi connectivity index (χ3v) is 6.96. The second-order valence-corrected chi connectivity index (χ2v) is 9.23. The smallest absolute Gasteiger partial charge is 0.236 e. The number of fused-ring (bicyclic) bond motifs is 1. The zero-order chi connectivity index (χ0) is 21.9. The summed E-state index contributed by atoms with van der Waals surface area (Å²) >= 11 is 1.82. The van der Waals surface area contributed by atoms with E-state index in [1.807, 2.05) is 82.7 Å². The molecule has 0 atom stereocenters. The zero-order valence-electron chi connectivity index (χ0n) is 18.1. The van der Waals surface area contributed by atoms with E-state index in [0.717, 1.165) is 42.0 Å². The van der Waals surface area contributed by atoms with Crippen molar-refractivity contribution < 1.29 is 4.79 Å². The van der Waals surface area contributed by atoms with Gasteiger partial charge in [0.05, 0.1) is 17.9 Å². The second kappa shape index (κ2) is 9.10. The third kappa shape index (κ3) is 4.38. The minimum Gasteiger partial charge on any atom is -0.340 e. The van der Waals surface area contributed by atoms with Crippen LogP contribution in [-0.4, -0.2) is 45.6 Å². The van der Waals surface area contributed by atoms with Gasteiger partial charge >= 0.3 is 0 Å². The van der Waals surface area contributed by atoms with Crippen molar-refractivity contribution in [2.24, 2.45) is 0 Å². The van der Waals surface area contributed by atoms with E-state index in [1.165, 1.54) is 10.4 Å². The molecule has 0 spiro atoms. The molecule has 0 fully saturated rings. The maximum Gasteiger partial charge on any atom is 0.236 e. The molecule has 3 heterocycles. The van der Waals surface area contributed by atoms with Crippen molar-refractivity contribution >= 4 is 17.2 Å². The molecule has 5 rings (SSSR count). The molecule has 0 N–H and O–H groups in total. The highest BCUT2D eigenvalue weighted by Crippen LogP contribution is 2.26. The Morgan fingerprint density at radius 1 is 1.06 bits per heavy atom.